The van der Waals surface area contributed by atoms with Gasteiger partial charge in [0.25, 0.3) is 5.91 Å². The lowest BCUT2D eigenvalue weighted by atomic mass is 10.2. The number of hydrogen-bond acceptors (Lipinski definition) is 8. The number of carbonyl (C=O) groups is 2. The molecule has 10 nitrogen and oxygen atoms in total. The Bertz CT molecular complexity index is 1200. The quantitative estimate of drug-likeness (QED) is 0.277. The summed E-state index contributed by atoms with van der Waals surface area (Å²) in [5, 5.41) is 15.9. The van der Waals surface area contributed by atoms with E-state index >= 15 is 0 Å². The fraction of sp³-hybridized carbons (Fsp3) is 0.250. The number of methoxy groups -OCH3 is 1. The van der Waals surface area contributed by atoms with Crippen molar-refractivity contribution < 1.29 is 28.3 Å². The summed E-state index contributed by atoms with van der Waals surface area (Å²) >= 11 is 0. The van der Waals surface area contributed by atoms with Gasteiger partial charge in [-0.25, -0.2) is 4.79 Å². The van der Waals surface area contributed by atoms with E-state index < -0.39 is 25.1 Å². The normalized spacial score (nSPS) is 10.6. The number of anilines is 1. The second kappa shape index (κ2) is 11.4. The first-order chi connectivity index (χ1) is 16.4. The number of nitrogens with one attached hydrogen (secondary N) is 1. The van der Waals surface area contributed by atoms with E-state index in [0.29, 0.717) is 29.4 Å². The highest BCUT2D eigenvalue weighted by Crippen LogP contribution is 2.27. The molecule has 0 fully saturated rings. The van der Waals surface area contributed by atoms with Crippen molar-refractivity contribution in [1.82, 2.24) is 4.57 Å². The van der Waals surface area contributed by atoms with Gasteiger partial charge in [0.05, 0.1) is 31.7 Å². The van der Waals surface area contributed by atoms with Crippen LogP contribution in [-0.4, -0.2) is 43.0 Å². The molecule has 34 heavy (non-hydrogen) atoms. The molecule has 0 saturated heterocycles. The molecule has 1 amide bonds. The molecular formula is C24H24N4O6. The maximum Gasteiger partial charge on any atom is 0.347 e. The van der Waals surface area contributed by atoms with Crippen LogP contribution in [0.2, 0.25) is 0 Å². The molecule has 0 aliphatic carbocycles. The Labute approximate surface area is 196 Å². The molecule has 2 aromatic heterocycles. The molecule has 0 radical (unpaired) electrons. The third-order valence-corrected chi connectivity index (χ3v) is 5.03. The summed E-state index contributed by atoms with van der Waals surface area (Å²) in [6.07, 6.45) is 2.98. The summed E-state index contributed by atoms with van der Waals surface area (Å²) in [5.41, 5.74) is 2.64. The number of esters is 1. The summed E-state index contributed by atoms with van der Waals surface area (Å²) in [5.74, 6) is 0.332. The van der Waals surface area contributed by atoms with Gasteiger partial charge >= 0.3 is 5.97 Å². The lowest BCUT2D eigenvalue weighted by Crippen LogP contribution is -2.24. The molecule has 1 aromatic carbocycles. The van der Waals surface area contributed by atoms with Gasteiger partial charge in [0.2, 0.25) is 6.61 Å². The maximum atomic E-state index is 12.4. The molecule has 1 N–H and O–H groups in total. The number of nitrogens with zero attached hydrogens (tertiary/aromatic N) is 3. The number of hydrogen-bond donors (Lipinski definition) is 1. The first-order valence-corrected chi connectivity index (χ1v) is 10.3. The summed E-state index contributed by atoms with van der Waals surface area (Å²) in [7, 11) is 1.57. The topological polar surface area (TPSA) is 128 Å². The van der Waals surface area contributed by atoms with Crippen LogP contribution >= 0.6 is 0 Å². The van der Waals surface area contributed by atoms with Crippen LogP contribution in [0.1, 0.15) is 28.1 Å². The molecule has 2 heterocycles. The number of benzene rings is 1. The standard InChI is InChI=1S/C24H24N4O6/c1-16-17(2)28(13-20-5-4-10-32-20)24(21(16)11-25)27-22(29)14-33-23(30)15-34-26-12-18-6-8-19(31-3)9-7-18/h4-10,12H,13-15H2,1-3H3,(H,27,29)/b26-12+. The zero-order chi connectivity index (χ0) is 24.5. The van der Waals surface area contributed by atoms with Crippen LogP contribution in [0.3, 0.4) is 0 Å². The Morgan fingerprint density at radius 3 is 2.62 bits per heavy atom. The number of carbonyl (C=O) groups excluding carboxylic acids is 2. The largest absolute Gasteiger partial charge is 0.497 e. The van der Waals surface area contributed by atoms with Gasteiger partial charge in [-0.1, -0.05) is 5.16 Å². The second-order valence-corrected chi connectivity index (χ2v) is 7.20. The fourth-order valence-corrected chi connectivity index (χ4v) is 3.12. The number of oxime groups is 1. The maximum absolute atomic E-state index is 12.4. The first kappa shape index (κ1) is 24.1. The average molecular weight is 464 g/mol. The number of nitriles is 1. The minimum atomic E-state index is -0.763. The Morgan fingerprint density at radius 1 is 1.21 bits per heavy atom. The molecule has 10 heteroatoms. The number of rotatable bonds is 10. The molecule has 0 bridgehead atoms. The molecule has 0 atom stereocenters. The summed E-state index contributed by atoms with van der Waals surface area (Å²) in [6, 6.07) is 12.7. The highest BCUT2D eigenvalue weighted by atomic mass is 16.7. The molecule has 0 aliphatic rings. The van der Waals surface area contributed by atoms with Crippen LogP contribution < -0.4 is 10.1 Å². The Kier molecular flexibility index (Phi) is 8.07. The van der Waals surface area contributed by atoms with Crippen molar-refractivity contribution in [2.24, 2.45) is 5.16 Å². The van der Waals surface area contributed by atoms with Crippen LogP contribution in [0.4, 0.5) is 5.82 Å². The van der Waals surface area contributed by atoms with Crippen LogP contribution in [-0.2, 0) is 25.7 Å². The summed E-state index contributed by atoms with van der Waals surface area (Å²) in [6.45, 7) is 2.97. The van der Waals surface area contributed by atoms with Crippen LogP contribution in [0.5, 0.6) is 5.75 Å². The van der Waals surface area contributed by atoms with E-state index in [1.165, 1.54) is 6.21 Å². The molecule has 0 aliphatic heterocycles. The number of furan rings is 1. The number of amides is 1. The van der Waals surface area contributed by atoms with E-state index in [4.69, 9.17) is 18.7 Å². The number of aromatic nitrogens is 1. The van der Waals surface area contributed by atoms with Crippen molar-refractivity contribution in [1.29, 1.82) is 5.26 Å². The molecule has 0 saturated carbocycles. The fourth-order valence-electron chi connectivity index (χ4n) is 3.12. The van der Waals surface area contributed by atoms with Crippen molar-refractivity contribution >= 4 is 23.9 Å². The number of ether oxygens (including phenoxy) is 2. The molecule has 176 valence electrons. The SMILES string of the molecule is COc1ccc(/C=N/OCC(=O)OCC(=O)Nc2c(C#N)c(C)c(C)n2Cc2ccco2)cc1. The van der Waals surface area contributed by atoms with Crippen LogP contribution in [0, 0.1) is 25.2 Å². The highest BCUT2D eigenvalue weighted by molar-refractivity contribution is 5.93. The van der Waals surface area contributed by atoms with E-state index in [1.807, 2.05) is 6.92 Å². The van der Waals surface area contributed by atoms with Gasteiger partial charge in [-0.05, 0) is 61.4 Å². The van der Waals surface area contributed by atoms with E-state index in [0.717, 1.165) is 16.8 Å². The van der Waals surface area contributed by atoms with Crippen molar-refractivity contribution in [3.63, 3.8) is 0 Å². The van der Waals surface area contributed by atoms with E-state index in [1.54, 1.807) is 61.3 Å². The van der Waals surface area contributed by atoms with Gasteiger partial charge in [0, 0.05) is 5.69 Å². The predicted octanol–water partition coefficient (Wildman–Crippen LogP) is 3.16. The van der Waals surface area contributed by atoms with E-state index in [9.17, 15) is 14.9 Å². The zero-order valence-electron chi connectivity index (χ0n) is 19.0. The third-order valence-electron chi connectivity index (χ3n) is 5.03. The van der Waals surface area contributed by atoms with Crippen molar-refractivity contribution in [3.8, 4) is 11.8 Å². The van der Waals surface area contributed by atoms with Gasteiger partial charge in [0.15, 0.2) is 6.61 Å². The Morgan fingerprint density at radius 2 is 1.97 bits per heavy atom. The predicted molar refractivity (Wildman–Crippen MR) is 123 cm³/mol. The minimum absolute atomic E-state index is 0.315. The third kappa shape index (κ3) is 6.04. The summed E-state index contributed by atoms with van der Waals surface area (Å²) < 4.78 is 17.2. The monoisotopic (exact) mass is 464 g/mol. The summed E-state index contributed by atoms with van der Waals surface area (Å²) in [4.78, 5) is 29.2. The van der Waals surface area contributed by atoms with Gasteiger partial charge in [-0.3, -0.25) is 4.79 Å². The molecule has 0 spiro atoms. The molecule has 0 unspecified atom stereocenters. The van der Waals surface area contributed by atoms with Gasteiger partial charge < -0.3 is 28.6 Å². The van der Waals surface area contributed by atoms with Crippen molar-refractivity contribution in [2.45, 2.75) is 20.4 Å². The zero-order valence-corrected chi connectivity index (χ0v) is 19.0. The Balaban J connectivity index is 1.52. The lowest BCUT2D eigenvalue weighted by Gasteiger charge is -2.12. The van der Waals surface area contributed by atoms with Crippen LogP contribution in [0.25, 0.3) is 0 Å². The molecule has 3 aromatic rings. The molecular weight excluding hydrogens is 440 g/mol. The van der Waals surface area contributed by atoms with Gasteiger partial charge in [-0.15, -0.1) is 0 Å². The van der Waals surface area contributed by atoms with Gasteiger partial charge in [0.1, 0.15) is 23.4 Å². The Hall–Kier alpha value is -4.52. The van der Waals surface area contributed by atoms with Gasteiger partial charge in [-0.2, -0.15) is 5.26 Å². The van der Waals surface area contributed by atoms with E-state index in [-0.39, 0.29) is 0 Å². The highest BCUT2D eigenvalue weighted by Gasteiger charge is 2.21. The van der Waals surface area contributed by atoms with Crippen LogP contribution in [0.15, 0.2) is 52.2 Å². The lowest BCUT2D eigenvalue weighted by molar-refractivity contribution is -0.151. The smallest absolute Gasteiger partial charge is 0.347 e. The average Bonchev–Trinajstić information content (AvgIpc) is 3.43. The minimum Gasteiger partial charge on any atom is -0.497 e. The second-order valence-electron chi connectivity index (χ2n) is 7.20. The first-order valence-electron chi connectivity index (χ1n) is 10.3. The van der Waals surface area contributed by atoms with Crippen molar-refractivity contribution in [2.75, 3.05) is 25.6 Å². The van der Waals surface area contributed by atoms with Crippen molar-refractivity contribution in [3.05, 3.63) is 70.8 Å². The molecule has 3 rings (SSSR count). The van der Waals surface area contributed by atoms with E-state index in [2.05, 4.69) is 16.5 Å².